The van der Waals surface area contributed by atoms with E-state index in [4.69, 9.17) is 9.47 Å². The molecule has 3 rings (SSSR count). The minimum absolute atomic E-state index is 0.0379. The zero-order valence-electron chi connectivity index (χ0n) is 14.8. The van der Waals surface area contributed by atoms with Crippen molar-refractivity contribution in [1.29, 1.82) is 0 Å². The predicted octanol–water partition coefficient (Wildman–Crippen LogP) is 3.29. The van der Waals surface area contributed by atoms with Crippen LogP contribution in [0.3, 0.4) is 0 Å². The van der Waals surface area contributed by atoms with Crippen molar-refractivity contribution in [3.8, 4) is 5.75 Å². The number of ether oxygens (including phenoxy) is 2. The lowest BCUT2D eigenvalue weighted by atomic mass is 10.2. The third-order valence-electron chi connectivity index (χ3n) is 3.98. The lowest BCUT2D eigenvalue weighted by molar-refractivity contribution is -0.177. The molecule has 0 spiro atoms. The largest absolute Gasteiger partial charge is 0.534 e. The second-order valence-electron chi connectivity index (χ2n) is 6.13. The molecule has 0 unspecified atom stereocenters. The Morgan fingerprint density at radius 1 is 0.889 bits per heavy atom. The van der Waals surface area contributed by atoms with Gasteiger partial charge in [0.25, 0.3) is 11.8 Å². The van der Waals surface area contributed by atoms with Gasteiger partial charge >= 0.3 is 6.16 Å². The van der Waals surface area contributed by atoms with Crippen LogP contribution in [0.25, 0.3) is 0 Å². The first-order chi connectivity index (χ1) is 13.0. The summed E-state index contributed by atoms with van der Waals surface area (Å²) in [7, 11) is 0. The van der Waals surface area contributed by atoms with Crippen LogP contribution >= 0.6 is 0 Å². The third kappa shape index (κ3) is 5.07. The van der Waals surface area contributed by atoms with Crippen molar-refractivity contribution in [3.63, 3.8) is 0 Å². The van der Waals surface area contributed by atoms with E-state index in [9.17, 15) is 14.4 Å². The van der Waals surface area contributed by atoms with Crippen LogP contribution in [0.2, 0.25) is 0 Å². The molecule has 27 heavy (non-hydrogen) atoms. The zero-order chi connectivity index (χ0) is 19.2. The van der Waals surface area contributed by atoms with Crippen LogP contribution < -0.4 is 4.74 Å². The molecule has 0 atom stereocenters. The molecule has 0 N–H and O–H groups in total. The Morgan fingerprint density at radius 2 is 1.44 bits per heavy atom. The van der Waals surface area contributed by atoms with E-state index < -0.39 is 18.0 Å². The average Bonchev–Trinajstić information content (AvgIpc) is 2.99. The first-order valence-corrected chi connectivity index (χ1v) is 8.49. The standard InChI is InChI=1S/C20H19NO6/c1-14-2-4-15(5-3-14)12-25-17-8-6-16(7-9-17)13-26-20(24)27-21-18(22)10-11-19(21)23/h2-9H,10-13H2,1H3. The molecule has 7 heteroatoms. The highest BCUT2D eigenvalue weighted by Gasteiger charge is 2.33. The van der Waals surface area contributed by atoms with Crippen LogP contribution in [0.1, 0.15) is 29.5 Å². The first-order valence-electron chi connectivity index (χ1n) is 8.49. The molecule has 1 heterocycles. The Balaban J connectivity index is 1.44. The van der Waals surface area contributed by atoms with E-state index in [1.54, 1.807) is 24.3 Å². The van der Waals surface area contributed by atoms with Crippen LogP contribution in [0.15, 0.2) is 48.5 Å². The molecule has 0 saturated carbocycles. The SMILES string of the molecule is Cc1ccc(COc2ccc(COC(=O)ON3C(=O)CCC3=O)cc2)cc1. The molecule has 0 aromatic heterocycles. The topological polar surface area (TPSA) is 82.1 Å². The summed E-state index contributed by atoms with van der Waals surface area (Å²) in [4.78, 5) is 39.0. The van der Waals surface area contributed by atoms with Crippen molar-refractivity contribution in [2.24, 2.45) is 0 Å². The molecule has 1 aliphatic heterocycles. The van der Waals surface area contributed by atoms with Crippen LogP contribution in [0.4, 0.5) is 4.79 Å². The van der Waals surface area contributed by atoms with Crippen LogP contribution in [0, 0.1) is 6.92 Å². The predicted molar refractivity (Wildman–Crippen MR) is 94.3 cm³/mol. The number of aryl methyl sites for hydroxylation is 1. The van der Waals surface area contributed by atoms with Gasteiger partial charge in [0, 0.05) is 12.8 Å². The maximum absolute atomic E-state index is 11.6. The lowest BCUT2D eigenvalue weighted by Gasteiger charge is -2.12. The van der Waals surface area contributed by atoms with E-state index in [1.165, 1.54) is 5.56 Å². The van der Waals surface area contributed by atoms with Gasteiger partial charge in [0.15, 0.2) is 0 Å². The first kappa shape index (κ1) is 18.4. The smallest absolute Gasteiger partial charge is 0.489 e. The van der Waals surface area contributed by atoms with Crippen molar-refractivity contribution in [1.82, 2.24) is 5.06 Å². The maximum atomic E-state index is 11.6. The van der Waals surface area contributed by atoms with E-state index in [2.05, 4.69) is 4.84 Å². The van der Waals surface area contributed by atoms with Gasteiger partial charge in [-0.05, 0) is 30.2 Å². The fraction of sp³-hybridized carbons (Fsp3) is 0.250. The summed E-state index contributed by atoms with van der Waals surface area (Å²) in [6.45, 7) is 2.44. The van der Waals surface area contributed by atoms with E-state index in [0.717, 1.165) is 5.56 Å². The summed E-state index contributed by atoms with van der Waals surface area (Å²) in [6, 6.07) is 15.1. The second kappa shape index (κ2) is 8.35. The van der Waals surface area contributed by atoms with Gasteiger partial charge in [0.1, 0.15) is 19.0 Å². The number of carbonyl (C=O) groups excluding carboxylic acids is 3. The van der Waals surface area contributed by atoms with Crippen LogP contribution in [-0.4, -0.2) is 23.0 Å². The summed E-state index contributed by atoms with van der Waals surface area (Å²) in [5.74, 6) is -0.408. The normalized spacial score (nSPS) is 13.6. The van der Waals surface area contributed by atoms with Gasteiger partial charge in [-0.15, -0.1) is 0 Å². The monoisotopic (exact) mass is 369 g/mol. The molecule has 0 bridgehead atoms. The number of amides is 2. The van der Waals surface area contributed by atoms with E-state index in [-0.39, 0.29) is 19.4 Å². The van der Waals surface area contributed by atoms with Crippen molar-refractivity contribution in [2.45, 2.75) is 33.0 Å². The van der Waals surface area contributed by atoms with Crippen LogP contribution in [-0.2, 0) is 32.4 Å². The Labute approximate surface area is 156 Å². The number of hydrogen-bond acceptors (Lipinski definition) is 6. The minimum Gasteiger partial charge on any atom is -0.489 e. The highest BCUT2D eigenvalue weighted by atomic mass is 16.8. The molecular formula is C20H19NO6. The molecule has 0 radical (unpaired) electrons. The number of carbonyl (C=O) groups is 3. The summed E-state index contributed by atoms with van der Waals surface area (Å²) in [6.07, 6.45) is -1.02. The quantitative estimate of drug-likeness (QED) is 0.574. The molecule has 2 aromatic carbocycles. The van der Waals surface area contributed by atoms with Crippen LogP contribution in [0.5, 0.6) is 5.75 Å². The highest BCUT2D eigenvalue weighted by Crippen LogP contribution is 2.16. The van der Waals surface area contributed by atoms with E-state index in [1.807, 2.05) is 31.2 Å². The van der Waals surface area contributed by atoms with Crippen molar-refractivity contribution < 1.29 is 28.7 Å². The van der Waals surface area contributed by atoms with E-state index >= 15 is 0 Å². The average molecular weight is 369 g/mol. The number of nitrogens with zero attached hydrogens (tertiary/aromatic N) is 1. The van der Waals surface area contributed by atoms with Crippen molar-refractivity contribution >= 4 is 18.0 Å². The van der Waals surface area contributed by atoms with E-state index in [0.29, 0.717) is 23.0 Å². The molecule has 0 aliphatic carbocycles. The lowest BCUT2D eigenvalue weighted by Crippen LogP contribution is -2.32. The van der Waals surface area contributed by atoms with Gasteiger partial charge in [-0.3, -0.25) is 14.4 Å². The summed E-state index contributed by atoms with van der Waals surface area (Å²) >= 11 is 0. The van der Waals surface area contributed by atoms with Crippen molar-refractivity contribution in [2.75, 3.05) is 0 Å². The number of imide groups is 1. The maximum Gasteiger partial charge on any atom is 0.534 e. The number of rotatable bonds is 6. The van der Waals surface area contributed by atoms with Gasteiger partial charge in [-0.25, -0.2) is 4.79 Å². The van der Waals surface area contributed by atoms with Gasteiger partial charge in [0.2, 0.25) is 0 Å². The van der Waals surface area contributed by atoms with Gasteiger partial charge in [0.05, 0.1) is 0 Å². The Kier molecular flexibility index (Phi) is 5.71. The Morgan fingerprint density at radius 3 is 2.07 bits per heavy atom. The molecular weight excluding hydrogens is 350 g/mol. The molecule has 1 fully saturated rings. The molecule has 1 saturated heterocycles. The molecule has 2 aromatic rings. The van der Waals surface area contributed by atoms with Gasteiger partial charge in [-0.2, -0.15) is 0 Å². The molecule has 2 amide bonds. The number of hydrogen-bond donors (Lipinski definition) is 0. The Hall–Kier alpha value is -3.35. The van der Waals surface area contributed by atoms with Crippen molar-refractivity contribution in [3.05, 3.63) is 65.2 Å². The fourth-order valence-corrected chi connectivity index (χ4v) is 2.43. The summed E-state index contributed by atoms with van der Waals surface area (Å²) < 4.78 is 10.6. The highest BCUT2D eigenvalue weighted by molar-refractivity contribution is 6.01. The number of benzene rings is 2. The zero-order valence-corrected chi connectivity index (χ0v) is 14.8. The molecule has 7 nitrogen and oxygen atoms in total. The van der Waals surface area contributed by atoms with Gasteiger partial charge < -0.3 is 9.47 Å². The molecule has 140 valence electrons. The second-order valence-corrected chi connectivity index (χ2v) is 6.13. The van der Waals surface area contributed by atoms with Gasteiger partial charge in [-0.1, -0.05) is 47.0 Å². The third-order valence-corrected chi connectivity index (χ3v) is 3.98. The minimum atomic E-state index is -1.10. The summed E-state index contributed by atoms with van der Waals surface area (Å²) in [5, 5.41) is 0.449. The summed E-state index contributed by atoms with van der Waals surface area (Å²) in [5.41, 5.74) is 2.98. The number of hydroxylamine groups is 2. The fourth-order valence-electron chi connectivity index (χ4n) is 2.43. The Bertz CT molecular complexity index is 813. The molecule has 1 aliphatic rings.